The Morgan fingerprint density at radius 2 is 1.62 bits per heavy atom. The van der Waals surface area contributed by atoms with E-state index in [4.69, 9.17) is 5.11 Å². The lowest BCUT2D eigenvalue weighted by Gasteiger charge is -2.11. The van der Waals surface area contributed by atoms with Crippen LogP contribution in [0.1, 0.15) is 26.3 Å². The number of nitrogens with zero attached hydrogens (tertiary/aromatic N) is 1. The molecule has 1 saturated heterocycles. The van der Waals surface area contributed by atoms with E-state index in [9.17, 15) is 19.2 Å². The molecular weight excluding hydrogens is 354 g/mol. The van der Waals surface area contributed by atoms with Crippen LogP contribution in [0.25, 0.3) is 6.08 Å². The summed E-state index contributed by atoms with van der Waals surface area (Å²) >= 11 is 0.754. The number of carboxylic acids is 1. The Labute approximate surface area is 153 Å². The molecule has 1 aliphatic heterocycles. The number of hydrogen-bond donors (Lipinski definition) is 1. The molecule has 130 valence electrons. The third-order valence-corrected chi connectivity index (χ3v) is 4.63. The topological polar surface area (TPSA) is 91.8 Å². The van der Waals surface area contributed by atoms with E-state index >= 15 is 0 Å². The monoisotopic (exact) mass is 367 g/mol. The maximum atomic E-state index is 12.4. The average molecular weight is 367 g/mol. The fraction of sp³-hybridized carbons (Fsp3) is 0.0526. The predicted molar refractivity (Wildman–Crippen MR) is 96.9 cm³/mol. The highest BCUT2D eigenvalue weighted by Gasteiger charge is 2.36. The van der Waals surface area contributed by atoms with Gasteiger partial charge < -0.3 is 5.11 Å². The molecule has 0 aromatic heterocycles. The summed E-state index contributed by atoms with van der Waals surface area (Å²) in [7, 11) is 0. The Morgan fingerprint density at radius 1 is 0.962 bits per heavy atom. The number of aromatic carboxylic acids is 1. The molecule has 1 N–H and O–H groups in total. The molecule has 1 fully saturated rings. The lowest BCUT2D eigenvalue weighted by atomic mass is 10.1. The van der Waals surface area contributed by atoms with Crippen LogP contribution in [-0.2, 0) is 4.79 Å². The number of rotatable bonds is 5. The van der Waals surface area contributed by atoms with Gasteiger partial charge in [-0.05, 0) is 35.5 Å². The van der Waals surface area contributed by atoms with E-state index in [-0.39, 0.29) is 22.8 Å². The molecule has 7 heteroatoms. The summed E-state index contributed by atoms with van der Waals surface area (Å²) in [5.41, 5.74) is 1.15. The molecule has 2 aromatic rings. The van der Waals surface area contributed by atoms with Crippen LogP contribution in [0.3, 0.4) is 0 Å². The van der Waals surface area contributed by atoms with Gasteiger partial charge in [-0.25, -0.2) is 4.79 Å². The number of benzene rings is 2. The predicted octanol–water partition coefficient (Wildman–Crippen LogP) is 3.30. The number of carboxylic acid groups (broad SMARTS) is 1. The second kappa shape index (κ2) is 7.37. The fourth-order valence-electron chi connectivity index (χ4n) is 2.37. The van der Waals surface area contributed by atoms with Crippen LogP contribution in [0.4, 0.5) is 4.79 Å². The van der Waals surface area contributed by atoms with Crippen molar-refractivity contribution in [3.05, 3.63) is 76.2 Å². The average Bonchev–Trinajstić information content (AvgIpc) is 2.90. The molecular formula is C19H13NO5S. The Hall–Kier alpha value is -3.19. The molecule has 0 radical (unpaired) electrons. The second-order valence-corrected chi connectivity index (χ2v) is 6.48. The van der Waals surface area contributed by atoms with Crippen LogP contribution >= 0.6 is 11.8 Å². The minimum absolute atomic E-state index is 0.128. The number of hydrogen-bond acceptors (Lipinski definition) is 5. The summed E-state index contributed by atoms with van der Waals surface area (Å²) in [5.74, 6) is -1.90. The van der Waals surface area contributed by atoms with Crippen LogP contribution in [0.2, 0.25) is 0 Å². The van der Waals surface area contributed by atoms with E-state index in [0.29, 0.717) is 11.1 Å². The van der Waals surface area contributed by atoms with Crippen LogP contribution in [0.15, 0.2) is 59.5 Å². The van der Waals surface area contributed by atoms with Gasteiger partial charge in [0, 0.05) is 5.56 Å². The first kappa shape index (κ1) is 17.6. The van der Waals surface area contributed by atoms with E-state index in [1.165, 1.54) is 18.2 Å². The van der Waals surface area contributed by atoms with Gasteiger partial charge in [-0.3, -0.25) is 19.3 Å². The van der Waals surface area contributed by atoms with E-state index < -0.39 is 17.1 Å². The van der Waals surface area contributed by atoms with Gasteiger partial charge in [0.2, 0.25) is 0 Å². The largest absolute Gasteiger partial charge is 0.478 e. The number of amides is 2. The van der Waals surface area contributed by atoms with Crippen molar-refractivity contribution in [2.75, 3.05) is 6.54 Å². The highest BCUT2D eigenvalue weighted by Crippen LogP contribution is 2.32. The highest BCUT2D eigenvalue weighted by atomic mass is 32.2. The molecule has 2 aromatic carbocycles. The summed E-state index contributed by atoms with van der Waals surface area (Å²) in [6.45, 7) is -0.316. The van der Waals surface area contributed by atoms with Gasteiger partial charge in [-0.2, -0.15) is 0 Å². The van der Waals surface area contributed by atoms with Crippen molar-refractivity contribution in [3.63, 3.8) is 0 Å². The van der Waals surface area contributed by atoms with Gasteiger partial charge in [-0.15, -0.1) is 0 Å². The van der Waals surface area contributed by atoms with Crippen molar-refractivity contribution in [2.45, 2.75) is 0 Å². The van der Waals surface area contributed by atoms with E-state index in [2.05, 4.69) is 0 Å². The minimum Gasteiger partial charge on any atom is -0.478 e. The molecule has 6 nitrogen and oxygen atoms in total. The molecule has 26 heavy (non-hydrogen) atoms. The van der Waals surface area contributed by atoms with Gasteiger partial charge in [0.15, 0.2) is 5.78 Å². The van der Waals surface area contributed by atoms with Crippen molar-refractivity contribution in [2.24, 2.45) is 0 Å². The summed E-state index contributed by atoms with van der Waals surface area (Å²) < 4.78 is 0. The normalized spacial score (nSPS) is 15.5. The van der Waals surface area contributed by atoms with Crippen molar-refractivity contribution in [3.8, 4) is 0 Å². The van der Waals surface area contributed by atoms with Gasteiger partial charge >= 0.3 is 5.97 Å². The molecule has 2 amide bonds. The molecule has 0 bridgehead atoms. The lowest BCUT2D eigenvalue weighted by molar-refractivity contribution is -0.122. The Balaban J connectivity index is 1.76. The van der Waals surface area contributed by atoms with Crippen LogP contribution in [0, 0.1) is 0 Å². The molecule has 1 aliphatic rings. The quantitative estimate of drug-likeness (QED) is 0.644. The Morgan fingerprint density at radius 3 is 2.23 bits per heavy atom. The number of imide groups is 1. The number of carbonyl (C=O) groups is 4. The SMILES string of the molecule is O=C(O)c1ccc(/C=C2\SC(=O)N(CC(=O)c3ccccc3)C2=O)cc1. The first-order valence-corrected chi connectivity index (χ1v) is 8.44. The van der Waals surface area contributed by atoms with Crippen LogP contribution in [-0.4, -0.2) is 39.5 Å². The maximum absolute atomic E-state index is 12.4. The van der Waals surface area contributed by atoms with E-state index in [1.54, 1.807) is 42.5 Å². The smallest absolute Gasteiger partial charge is 0.335 e. The van der Waals surface area contributed by atoms with Crippen LogP contribution < -0.4 is 0 Å². The Bertz CT molecular complexity index is 919. The number of ketones is 1. The second-order valence-electron chi connectivity index (χ2n) is 5.48. The summed E-state index contributed by atoms with van der Waals surface area (Å²) in [6, 6.07) is 14.4. The molecule has 0 spiro atoms. The Kier molecular flexibility index (Phi) is 4.99. The molecule has 0 atom stereocenters. The molecule has 0 aliphatic carbocycles. The zero-order chi connectivity index (χ0) is 18.7. The standard InChI is InChI=1S/C19H13NO5S/c21-15(13-4-2-1-3-5-13)11-20-17(22)16(26-19(20)25)10-12-6-8-14(9-7-12)18(23)24/h1-10H,11H2,(H,23,24)/b16-10-. The van der Waals surface area contributed by atoms with Gasteiger partial charge in [0.25, 0.3) is 11.1 Å². The van der Waals surface area contributed by atoms with Crippen LogP contribution in [0.5, 0.6) is 0 Å². The first-order chi connectivity index (χ1) is 12.5. The van der Waals surface area contributed by atoms with Crippen molar-refractivity contribution in [1.29, 1.82) is 0 Å². The van der Waals surface area contributed by atoms with Crippen molar-refractivity contribution in [1.82, 2.24) is 4.90 Å². The zero-order valence-electron chi connectivity index (χ0n) is 13.4. The third kappa shape index (κ3) is 3.73. The highest BCUT2D eigenvalue weighted by molar-refractivity contribution is 8.18. The molecule has 3 rings (SSSR count). The minimum atomic E-state index is -1.05. The van der Waals surface area contributed by atoms with Gasteiger partial charge in [0.05, 0.1) is 17.0 Å². The summed E-state index contributed by atoms with van der Waals surface area (Å²) in [4.78, 5) is 48.7. The number of thioether (sulfide) groups is 1. The zero-order valence-corrected chi connectivity index (χ0v) is 14.2. The lowest BCUT2D eigenvalue weighted by Crippen LogP contribution is -2.33. The maximum Gasteiger partial charge on any atom is 0.335 e. The molecule has 0 saturated carbocycles. The summed E-state index contributed by atoms with van der Waals surface area (Å²) in [6.07, 6.45) is 1.50. The number of Topliss-reactive ketones (excluding diaryl/α,β-unsaturated/α-hetero) is 1. The fourth-order valence-corrected chi connectivity index (χ4v) is 3.21. The van der Waals surface area contributed by atoms with Gasteiger partial charge in [0.1, 0.15) is 0 Å². The van der Waals surface area contributed by atoms with Crippen molar-refractivity contribution < 1.29 is 24.3 Å². The summed E-state index contributed by atoms with van der Waals surface area (Å²) in [5, 5.41) is 8.39. The van der Waals surface area contributed by atoms with E-state index in [1.807, 2.05) is 0 Å². The van der Waals surface area contributed by atoms with E-state index in [0.717, 1.165) is 16.7 Å². The molecule has 0 unspecified atom stereocenters. The third-order valence-electron chi connectivity index (χ3n) is 3.73. The molecule has 1 heterocycles. The number of carbonyl (C=O) groups excluding carboxylic acids is 3. The van der Waals surface area contributed by atoms with Gasteiger partial charge in [-0.1, -0.05) is 42.5 Å². The first-order valence-electron chi connectivity index (χ1n) is 7.62. The van der Waals surface area contributed by atoms with Crippen molar-refractivity contribution >= 4 is 40.7 Å².